The Labute approximate surface area is 304 Å². The van der Waals surface area contributed by atoms with E-state index in [-0.39, 0.29) is 0 Å². The van der Waals surface area contributed by atoms with Crippen molar-refractivity contribution >= 4 is 67.5 Å². The van der Waals surface area contributed by atoms with Crippen molar-refractivity contribution in [1.29, 1.82) is 0 Å². The normalized spacial score (nSPS) is 11.5. The minimum absolute atomic E-state index is 0.861. The largest absolute Gasteiger partial charge is 0.456 e. The number of para-hydroxylation sites is 2. The summed E-state index contributed by atoms with van der Waals surface area (Å²) in [6, 6.07) is 55.2. The molecule has 7 aromatic carbocycles. The van der Waals surface area contributed by atoms with Crippen LogP contribution in [0.5, 0.6) is 0 Å². The molecular weight excluding hydrogens is 631 g/mol. The van der Waals surface area contributed by atoms with Crippen LogP contribution >= 0.6 is 0 Å². The first-order valence-corrected chi connectivity index (χ1v) is 17.4. The highest BCUT2D eigenvalue weighted by molar-refractivity contribution is 6.11. The minimum Gasteiger partial charge on any atom is -0.456 e. The fourth-order valence-corrected chi connectivity index (χ4v) is 6.84. The van der Waals surface area contributed by atoms with E-state index < -0.39 is 0 Å². The molecule has 52 heavy (non-hydrogen) atoms. The van der Waals surface area contributed by atoms with Gasteiger partial charge in [0.1, 0.15) is 11.2 Å². The molecule has 8 aromatic rings. The highest BCUT2D eigenvalue weighted by atomic mass is 16.3. The van der Waals surface area contributed by atoms with Gasteiger partial charge in [0, 0.05) is 27.7 Å². The molecule has 2 nitrogen and oxygen atoms in total. The number of rotatable bonds is 10. The van der Waals surface area contributed by atoms with E-state index in [9.17, 15) is 0 Å². The Bertz CT molecular complexity index is 2670. The Hall–Kier alpha value is -6.90. The number of benzene rings is 7. The Morgan fingerprint density at radius 2 is 1.25 bits per heavy atom. The van der Waals surface area contributed by atoms with Gasteiger partial charge in [0.15, 0.2) is 0 Å². The number of furan rings is 1. The Morgan fingerprint density at radius 3 is 2.06 bits per heavy atom. The molecule has 0 N–H and O–H groups in total. The molecule has 0 saturated heterocycles. The summed E-state index contributed by atoms with van der Waals surface area (Å²) in [7, 11) is 0. The van der Waals surface area contributed by atoms with Crippen LogP contribution < -0.4 is 4.90 Å². The van der Waals surface area contributed by atoms with Gasteiger partial charge in [-0.05, 0) is 98.8 Å². The van der Waals surface area contributed by atoms with Crippen molar-refractivity contribution in [3.05, 3.63) is 218 Å². The van der Waals surface area contributed by atoms with E-state index in [0.717, 1.165) is 78.0 Å². The average Bonchev–Trinajstić information content (AvgIpc) is 3.56. The molecule has 0 unspecified atom stereocenters. The summed E-state index contributed by atoms with van der Waals surface area (Å²) >= 11 is 0. The summed E-state index contributed by atoms with van der Waals surface area (Å²) in [5.41, 5.74) is 12.2. The van der Waals surface area contributed by atoms with Crippen LogP contribution in [0.3, 0.4) is 0 Å². The predicted molar refractivity (Wildman–Crippen MR) is 224 cm³/mol. The first-order chi connectivity index (χ1) is 25.6. The molecule has 0 radical (unpaired) electrons. The number of hydrogen-bond acceptors (Lipinski definition) is 2. The van der Waals surface area contributed by atoms with Crippen molar-refractivity contribution in [2.24, 2.45) is 0 Å². The van der Waals surface area contributed by atoms with Crippen molar-refractivity contribution in [2.45, 2.75) is 0 Å². The van der Waals surface area contributed by atoms with Gasteiger partial charge in [-0.3, -0.25) is 0 Å². The number of hydrogen-bond donors (Lipinski definition) is 0. The number of anilines is 3. The van der Waals surface area contributed by atoms with Gasteiger partial charge in [0.25, 0.3) is 0 Å². The lowest BCUT2D eigenvalue weighted by Crippen LogP contribution is -2.11. The summed E-state index contributed by atoms with van der Waals surface area (Å²) in [4.78, 5) is 2.32. The molecule has 2 heteroatoms. The molecule has 1 heterocycles. The number of allylic oxidation sites excluding steroid dienone is 5. The highest BCUT2D eigenvalue weighted by Crippen LogP contribution is 2.42. The Morgan fingerprint density at radius 1 is 0.577 bits per heavy atom. The summed E-state index contributed by atoms with van der Waals surface area (Å²) in [5, 5.41) is 4.61. The SMILES string of the molecule is C=Cc1ccccc1C(=C)C(=C)/C=C\C=C\c1ccc(N(c2ccccc2)c2ccccc2-c2ccc3oc4cc5ccccc5cc4c3c2)cc1. The molecule has 0 amide bonds. The lowest BCUT2D eigenvalue weighted by atomic mass is 9.95. The maximum Gasteiger partial charge on any atom is 0.136 e. The van der Waals surface area contributed by atoms with E-state index in [1.807, 2.05) is 48.6 Å². The molecule has 0 spiro atoms. The molecule has 248 valence electrons. The molecular formula is C50H37NO. The van der Waals surface area contributed by atoms with Gasteiger partial charge in [-0.25, -0.2) is 0 Å². The van der Waals surface area contributed by atoms with E-state index in [0.29, 0.717) is 0 Å². The molecule has 0 atom stereocenters. The molecule has 0 aliphatic heterocycles. The lowest BCUT2D eigenvalue weighted by molar-refractivity contribution is 0.669. The second kappa shape index (κ2) is 14.1. The van der Waals surface area contributed by atoms with Gasteiger partial charge in [0.2, 0.25) is 0 Å². The van der Waals surface area contributed by atoms with Gasteiger partial charge >= 0.3 is 0 Å². The van der Waals surface area contributed by atoms with Crippen molar-refractivity contribution < 1.29 is 4.42 Å². The van der Waals surface area contributed by atoms with Crippen LogP contribution in [0.15, 0.2) is 206 Å². The van der Waals surface area contributed by atoms with Crippen LogP contribution in [0.2, 0.25) is 0 Å². The summed E-state index contributed by atoms with van der Waals surface area (Å²) in [6.45, 7) is 12.4. The number of fused-ring (bicyclic) bond motifs is 4. The third-order valence-corrected chi connectivity index (χ3v) is 9.55. The van der Waals surface area contributed by atoms with Gasteiger partial charge in [-0.2, -0.15) is 0 Å². The smallest absolute Gasteiger partial charge is 0.136 e. The average molecular weight is 668 g/mol. The predicted octanol–water partition coefficient (Wildman–Crippen LogP) is 14.4. The zero-order chi connectivity index (χ0) is 35.4. The second-order valence-electron chi connectivity index (χ2n) is 12.8. The molecule has 0 aliphatic carbocycles. The first kappa shape index (κ1) is 32.3. The van der Waals surface area contributed by atoms with E-state index in [1.165, 1.54) is 10.8 Å². The van der Waals surface area contributed by atoms with Crippen molar-refractivity contribution in [3.8, 4) is 11.1 Å². The van der Waals surface area contributed by atoms with Gasteiger partial charge in [-0.1, -0.05) is 153 Å². The zero-order valence-electron chi connectivity index (χ0n) is 28.9. The van der Waals surface area contributed by atoms with Crippen LogP contribution in [0.1, 0.15) is 16.7 Å². The maximum atomic E-state index is 6.33. The van der Waals surface area contributed by atoms with E-state index >= 15 is 0 Å². The molecule has 0 fully saturated rings. The monoisotopic (exact) mass is 667 g/mol. The molecule has 1 aromatic heterocycles. The lowest BCUT2D eigenvalue weighted by Gasteiger charge is -2.28. The van der Waals surface area contributed by atoms with Crippen LogP contribution in [0, 0.1) is 0 Å². The van der Waals surface area contributed by atoms with E-state index in [4.69, 9.17) is 4.42 Å². The van der Waals surface area contributed by atoms with Crippen molar-refractivity contribution in [2.75, 3.05) is 4.90 Å². The molecule has 0 saturated carbocycles. The van der Waals surface area contributed by atoms with Crippen LogP contribution in [0.25, 0.3) is 61.6 Å². The first-order valence-electron chi connectivity index (χ1n) is 17.4. The van der Waals surface area contributed by atoms with Gasteiger partial charge < -0.3 is 9.32 Å². The van der Waals surface area contributed by atoms with Crippen molar-refractivity contribution in [1.82, 2.24) is 0 Å². The second-order valence-corrected chi connectivity index (χ2v) is 12.8. The third kappa shape index (κ3) is 6.30. The Balaban J connectivity index is 1.10. The molecule has 0 aliphatic rings. The minimum atomic E-state index is 0.861. The van der Waals surface area contributed by atoms with Crippen LogP contribution in [0.4, 0.5) is 17.1 Å². The zero-order valence-corrected chi connectivity index (χ0v) is 28.9. The summed E-state index contributed by atoms with van der Waals surface area (Å²) < 4.78 is 6.33. The highest BCUT2D eigenvalue weighted by Gasteiger charge is 2.18. The van der Waals surface area contributed by atoms with Crippen LogP contribution in [-0.4, -0.2) is 0 Å². The molecule has 8 rings (SSSR count). The number of nitrogens with zero attached hydrogens (tertiary/aromatic N) is 1. The fraction of sp³-hybridized carbons (Fsp3) is 0. The standard InChI is InChI=1S/C50H37NO/c1-4-38-18-12-13-23-44(38)36(3)35(2)16-8-9-17-37-26-29-43(30-27-37)51(42-21-6-5-7-22-42)48-25-15-14-24-45(48)41-28-31-49-46(33-41)47-32-39-19-10-11-20-40(39)34-50(47)52-49/h4-34H,1-3H2/b16-8-,17-9+. The van der Waals surface area contributed by atoms with Gasteiger partial charge in [-0.15, -0.1) is 0 Å². The summed E-state index contributed by atoms with van der Waals surface area (Å²) in [5.74, 6) is 0. The third-order valence-electron chi connectivity index (χ3n) is 9.55. The molecule has 0 bridgehead atoms. The quantitative estimate of drug-likeness (QED) is 0.135. The fourth-order valence-electron chi connectivity index (χ4n) is 6.84. The van der Waals surface area contributed by atoms with E-state index in [2.05, 4.69) is 164 Å². The van der Waals surface area contributed by atoms with E-state index in [1.54, 1.807) is 0 Å². The summed E-state index contributed by atoms with van der Waals surface area (Å²) in [6.07, 6.45) is 9.99. The van der Waals surface area contributed by atoms with Crippen molar-refractivity contribution in [3.63, 3.8) is 0 Å². The Kier molecular flexibility index (Phi) is 8.79. The topological polar surface area (TPSA) is 16.4 Å². The van der Waals surface area contributed by atoms with Crippen LogP contribution in [-0.2, 0) is 0 Å². The maximum absolute atomic E-state index is 6.33. The van der Waals surface area contributed by atoms with Gasteiger partial charge in [0.05, 0.1) is 5.69 Å².